The second-order valence-corrected chi connectivity index (χ2v) is 7.17. The number of anilines is 1. The van der Waals surface area contributed by atoms with Gasteiger partial charge in [0.05, 0.1) is 11.4 Å². The van der Waals surface area contributed by atoms with E-state index in [-0.39, 0.29) is 16.8 Å². The zero-order valence-corrected chi connectivity index (χ0v) is 17.2. The lowest BCUT2D eigenvalue weighted by atomic mass is 10.1. The van der Waals surface area contributed by atoms with E-state index in [0.717, 1.165) is 16.3 Å². The van der Waals surface area contributed by atoms with Crippen LogP contribution in [0, 0.1) is 18.3 Å². The first-order chi connectivity index (χ1) is 15.0. The van der Waals surface area contributed by atoms with Gasteiger partial charge in [0, 0.05) is 7.05 Å². The molecule has 31 heavy (non-hydrogen) atoms. The lowest BCUT2D eigenvalue weighted by Gasteiger charge is -2.07. The van der Waals surface area contributed by atoms with Gasteiger partial charge in [-0.3, -0.25) is 14.3 Å². The summed E-state index contributed by atoms with van der Waals surface area (Å²) in [5, 5.41) is 14.3. The molecule has 0 fully saturated rings. The number of carbonyl (C=O) groups is 1. The summed E-state index contributed by atoms with van der Waals surface area (Å²) in [5.74, 6) is -0.623. The van der Waals surface area contributed by atoms with Crippen molar-refractivity contribution in [2.75, 3.05) is 5.32 Å². The highest BCUT2D eigenvalue weighted by Crippen LogP contribution is 2.19. The molecule has 4 rings (SSSR count). The van der Waals surface area contributed by atoms with Crippen molar-refractivity contribution in [1.29, 1.82) is 5.26 Å². The molecule has 3 aromatic carbocycles. The average Bonchev–Trinajstić information content (AvgIpc) is 3.00. The van der Waals surface area contributed by atoms with Crippen molar-refractivity contribution in [1.82, 2.24) is 9.36 Å². The summed E-state index contributed by atoms with van der Waals surface area (Å²) in [6, 6.07) is 24.7. The van der Waals surface area contributed by atoms with E-state index in [4.69, 9.17) is 0 Å². The Labute approximate surface area is 179 Å². The highest BCUT2D eigenvalue weighted by atomic mass is 16.2. The topological polar surface area (TPSA) is 79.8 Å². The maximum absolute atomic E-state index is 13.0. The van der Waals surface area contributed by atoms with Gasteiger partial charge in [-0.25, -0.2) is 4.68 Å². The molecular formula is C25H20N4O2. The zero-order chi connectivity index (χ0) is 22.0. The molecule has 6 nitrogen and oxygen atoms in total. The number of hydrogen-bond donors (Lipinski definition) is 1. The van der Waals surface area contributed by atoms with Crippen LogP contribution in [-0.4, -0.2) is 15.3 Å². The van der Waals surface area contributed by atoms with Crippen molar-refractivity contribution in [2.24, 2.45) is 7.05 Å². The Morgan fingerprint density at radius 3 is 2.39 bits per heavy atom. The summed E-state index contributed by atoms with van der Waals surface area (Å²) in [5.41, 5.74) is 1.72. The molecule has 0 saturated carbocycles. The molecule has 0 aliphatic rings. The van der Waals surface area contributed by atoms with E-state index in [2.05, 4.69) is 5.32 Å². The lowest BCUT2D eigenvalue weighted by Crippen LogP contribution is -2.23. The summed E-state index contributed by atoms with van der Waals surface area (Å²) in [6.07, 6.45) is 1.52. The molecule has 0 aliphatic carbocycles. The smallest absolute Gasteiger partial charge is 0.295 e. The minimum Gasteiger partial charge on any atom is -0.315 e. The van der Waals surface area contributed by atoms with Crippen molar-refractivity contribution in [3.05, 3.63) is 100.0 Å². The molecule has 1 N–H and O–H groups in total. The lowest BCUT2D eigenvalue weighted by molar-refractivity contribution is -0.112. The van der Waals surface area contributed by atoms with Gasteiger partial charge in [-0.15, -0.1) is 0 Å². The number of amides is 1. The zero-order valence-electron chi connectivity index (χ0n) is 17.2. The van der Waals surface area contributed by atoms with E-state index >= 15 is 0 Å². The van der Waals surface area contributed by atoms with Crippen LogP contribution in [0.2, 0.25) is 0 Å². The van der Waals surface area contributed by atoms with Crippen LogP contribution in [0.25, 0.3) is 22.5 Å². The number of para-hydroxylation sites is 1. The Morgan fingerprint density at radius 1 is 1.00 bits per heavy atom. The van der Waals surface area contributed by atoms with Gasteiger partial charge in [0.1, 0.15) is 17.3 Å². The molecule has 1 amide bonds. The Morgan fingerprint density at radius 2 is 1.68 bits per heavy atom. The van der Waals surface area contributed by atoms with E-state index in [1.165, 1.54) is 10.8 Å². The van der Waals surface area contributed by atoms with Gasteiger partial charge >= 0.3 is 0 Å². The van der Waals surface area contributed by atoms with Crippen LogP contribution >= 0.6 is 0 Å². The third kappa shape index (κ3) is 3.77. The number of aromatic nitrogens is 2. The molecular weight excluding hydrogens is 388 g/mol. The number of benzene rings is 3. The molecule has 0 spiro atoms. The first-order valence-electron chi connectivity index (χ1n) is 9.75. The summed E-state index contributed by atoms with van der Waals surface area (Å²) in [6.45, 7) is 1.75. The number of nitrogens with one attached hydrogen (secondary N) is 1. The fraction of sp³-hybridized carbons (Fsp3) is 0.0800. The highest BCUT2D eigenvalue weighted by Gasteiger charge is 2.19. The van der Waals surface area contributed by atoms with Crippen LogP contribution in [0.15, 0.2) is 83.2 Å². The van der Waals surface area contributed by atoms with E-state index in [1.807, 2.05) is 78.9 Å². The third-order valence-electron chi connectivity index (χ3n) is 5.24. The maximum atomic E-state index is 13.0. The molecule has 0 aliphatic heterocycles. The Bertz CT molecular complexity index is 1420. The van der Waals surface area contributed by atoms with Gasteiger partial charge < -0.3 is 5.32 Å². The van der Waals surface area contributed by atoms with Crippen molar-refractivity contribution in [3.63, 3.8) is 0 Å². The van der Waals surface area contributed by atoms with Crippen molar-refractivity contribution in [2.45, 2.75) is 6.92 Å². The first-order valence-corrected chi connectivity index (χ1v) is 9.75. The summed E-state index contributed by atoms with van der Waals surface area (Å²) >= 11 is 0. The number of fused-ring (bicyclic) bond motifs is 1. The highest BCUT2D eigenvalue weighted by molar-refractivity contribution is 6.10. The van der Waals surface area contributed by atoms with Crippen LogP contribution in [0.5, 0.6) is 0 Å². The summed E-state index contributed by atoms with van der Waals surface area (Å²) in [7, 11) is 1.75. The molecule has 0 saturated heterocycles. The molecule has 0 bridgehead atoms. The predicted molar refractivity (Wildman–Crippen MR) is 122 cm³/mol. The van der Waals surface area contributed by atoms with Gasteiger partial charge in [-0.1, -0.05) is 54.6 Å². The van der Waals surface area contributed by atoms with E-state index < -0.39 is 5.91 Å². The minimum absolute atomic E-state index is 0.0794. The minimum atomic E-state index is -0.623. The van der Waals surface area contributed by atoms with Gasteiger partial charge in [-0.05, 0) is 47.5 Å². The standard InChI is InChI=1S/C25H20N4O2/c1-17-23(25(31)29(28(17)2)22-10-4-3-5-11-22)27-24(30)21(16-26)15-18-12-13-19-8-6-7-9-20(19)14-18/h3-15H,1-2H3,(H,27,30)/b21-15+. The molecule has 6 heteroatoms. The number of carbonyl (C=O) groups excluding carboxylic acids is 1. The van der Waals surface area contributed by atoms with E-state index in [0.29, 0.717) is 11.4 Å². The van der Waals surface area contributed by atoms with Gasteiger partial charge in [0.2, 0.25) is 0 Å². The van der Waals surface area contributed by atoms with Gasteiger partial charge in [-0.2, -0.15) is 5.26 Å². The van der Waals surface area contributed by atoms with Crippen LogP contribution in [-0.2, 0) is 11.8 Å². The molecule has 0 radical (unpaired) electrons. The van der Waals surface area contributed by atoms with Crippen molar-refractivity contribution in [3.8, 4) is 11.8 Å². The first kappa shape index (κ1) is 19.9. The molecule has 152 valence electrons. The molecule has 0 atom stereocenters. The molecule has 1 heterocycles. The molecule has 1 aromatic heterocycles. The number of hydrogen-bond acceptors (Lipinski definition) is 3. The Hall–Kier alpha value is -4.37. The predicted octanol–water partition coefficient (Wildman–Crippen LogP) is 4.18. The summed E-state index contributed by atoms with van der Waals surface area (Å²) in [4.78, 5) is 25.8. The maximum Gasteiger partial charge on any atom is 0.295 e. The van der Waals surface area contributed by atoms with Gasteiger partial charge in [0.25, 0.3) is 11.5 Å². The largest absolute Gasteiger partial charge is 0.315 e. The second kappa shape index (κ2) is 8.17. The quantitative estimate of drug-likeness (QED) is 0.406. The monoisotopic (exact) mass is 408 g/mol. The fourth-order valence-electron chi connectivity index (χ4n) is 3.51. The Balaban J connectivity index is 1.67. The average molecular weight is 408 g/mol. The summed E-state index contributed by atoms with van der Waals surface area (Å²) < 4.78 is 3.15. The number of nitriles is 1. The van der Waals surface area contributed by atoms with E-state index in [9.17, 15) is 14.9 Å². The van der Waals surface area contributed by atoms with Crippen molar-refractivity contribution < 1.29 is 4.79 Å². The number of nitrogens with zero attached hydrogens (tertiary/aromatic N) is 3. The van der Waals surface area contributed by atoms with E-state index in [1.54, 1.807) is 18.7 Å². The normalized spacial score (nSPS) is 11.3. The van der Waals surface area contributed by atoms with Crippen molar-refractivity contribution >= 4 is 28.4 Å². The Kier molecular flexibility index (Phi) is 5.25. The molecule has 0 unspecified atom stereocenters. The van der Waals surface area contributed by atoms with Crippen LogP contribution < -0.4 is 10.9 Å². The van der Waals surface area contributed by atoms with Crippen LogP contribution in [0.1, 0.15) is 11.3 Å². The van der Waals surface area contributed by atoms with Crippen LogP contribution in [0.3, 0.4) is 0 Å². The number of rotatable bonds is 4. The third-order valence-corrected chi connectivity index (χ3v) is 5.24. The SMILES string of the molecule is Cc1c(NC(=O)/C(C#N)=C/c2ccc3ccccc3c2)c(=O)n(-c2ccccc2)n1C. The fourth-order valence-corrected chi connectivity index (χ4v) is 3.51. The van der Waals surface area contributed by atoms with Crippen LogP contribution in [0.4, 0.5) is 5.69 Å². The van der Waals surface area contributed by atoms with Gasteiger partial charge in [0.15, 0.2) is 0 Å². The molecule has 4 aromatic rings. The second-order valence-electron chi connectivity index (χ2n) is 7.17.